The van der Waals surface area contributed by atoms with Crippen molar-refractivity contribution in [3.63, 3.8) is 0 Å². The lowest BCUT2D eigenvalue weighted by Gasteiger charge is -2.07. The maximum absolute atomic E-state index is 5.96. The number of nitrogens with two attached hydrogens (primary N) is 1. The summed E-state index contributed by atoms with van der Waals surface area (Å²) in [5, 5.41) is 0.988. The molecule has 1 aromatic carbocycles. The lowest BCUT2D eigenvalue weighted by Crippen LogP contribution is -2.01. The Balaban J connectivity index is 2.27. The van der Waals surface area contributed by atoms with Gasteiger partial charge in [0.15, 0.2) is 0 Å². The third-order valence-electron chi connectivity index (χ3n) is 1.98. The first kappa shape index (κ1) is 12.1. The van der Waals surface area contributed by atoms with E-state index in [1.807, 2.05) is 0 Å². The van der Waals surface area contributed by atoms with Gasteiger partial charge in [-0.1, -0.05) is 23.2 Å². The minimum Gasteiger partial charge on any atom is -0.436 e. The van der Waals surface area contributed by atoms with E-state index in [9.17, 15) is 0 Å². The normalized spacial score (nSPS) is 10.3. The lowest BCUT2D eigenvalue weighted by molar-refractivity contribution is 0.458. The highest BCUT2D eigenvalue weighted by molar-refractivity contribution is 6.34. The molecule has 0 saturated heterocycles. The molecule has 0 aliphatic carbocycles. The van der Waals surface area contributed by atoms with Crippen LogP contribution in [0.3, 0.4) is 0 Å². The number of hydrogen-bond donors (Lipinski definition) is 1. The van der Waals surface area contributed by atoms with Crippen LogP contribution >= 0.6 is 23.2 Å². The van der Waals surface area contributed by atoms with Crippen molar-refractivity contribution in [2.75, 3.05) is 0 Å². The lowest BCUT2D eigenvalue weighted by atomic mass is 10.3. The largest absolute Gasteiger partial charge is 0.436 e. The first-order chi connectivity index (χ1) is 8.19. The highest BCUT2D eigenvalue weighted by Gasteiger charge is 2.06. The maximum Gasteiger partial charge on any atom is 0.238 e. The van der Waals surface area contributed by atoms with E-state index in [1.54, 1.807) is 24.4 Å². The monoisotopic (exact) mass is 269 g/mol. The van der Waals surface area contributed by atoms with E-state index in [4.69, 9.17) is 33.7 Å². The molecule has 2 rings (SSSR count). The van der Waals surface area contributed by atoms with Gasteiger partial charge in [0.2, 0.25) is 5.88 Å². The van der Waals surface area contributed by atoms with E-state index in [0.717, 1.165) is 0 Å². The Hall–Kier alpha value is -1.36. The first-order valence-electron chi connectivity index (χ1n) is 4.83. The molecule has 0 radical (unpaired) electrons. The number of halogens is 2. The predicted octanol–water partition coefficient (Wildman–Crippen LogP) is 3.03. The van der Waals surface area contributed by atoms with Gasteiger partial charge in [0.05, 0.1) is 16.9 Å². The molecule has 17 heavy (non-hydrogen) atoms. The summed E-state index contributed by atoms with van der Waals surface area (Å²) < 4.78 is 5.49. The molecule has 6 heteroatoms. The zero-order valence-corrected chi connectivity index (χ0v) is 10.2. The summed E-state index contributed by atoms with van der Waals surface area (Å²) in [6, 6.07) is 4.94. The fourth-order valence-electron chi connectivity index (χ4n) is 1.20. The number of nitrogens with zero attached hydrogens (tertiary/aromatic N) is 2. The van der Waals surface area contributed by atoms with Crippen LogP contribution in [0.15, 0.2) is 30.6 Å². The maximum atomic E-state index is 5.96. The van der Waals surface area contributed by atoms with Crippen molar-refractivity contribution < 1.29 is 4.74 Å². The van der Waals surface area contributed by atoms with E-state index in [1.165, 1.54) is 6.20 Å². The molecule has 0 spiro atoms. The molecule has 2 N–H and O–H groups in total. The molecule has 88 valence electrons. The number of aromatic nitrogens is 2. The van der Waals surface area contributed by atoms with Gasteiger partial charge in [-0.3, -0.25) is 4.98 Å². The number of ether oxygens (including phenoxy) is 1. The molecule has 2 aromatic rings. The van der Waals surface area contributed by atoms with Crippen LogP contribution in [0.1, 0.15) is 5.69 Å². The second-order valence-corrected chi connectivity index (χ2v) is 4.07. The molecule has 1 heterocycles. The Bertz CT molecular complexity index is 534. The Kier molecular flexibility index (Phi) is 3.78. The standard InChI is InChI=1S/C11H9Cl2N3O/c12-7-1-2-9(13)10(3-7)17-11-6-15-5-8(4-14)16-11/h1-3,5-6H,4,14H2. The van der Waals surface area contributed by atoms with Crippen LogP contribution in [-0.4, -0.2) is 9.97 Å². The Labute approximate surface area is 108 Å². The summed E-state index contributed by atoms with van der Waals surface area (Å²) in [5.74, 6) is 0.764. The third kappa shape index (κ3) is 3.06. The minimum atomic E-state index is 0.299. The van der Waals surface area contributed by atoms with Crippen LogP contribution in [0.25, 0.3) is 0 Å². The molecule has 1 aromatic heterocycles. The molecule has 0 saturated carbocycles. The molecule has 0 unspecified atom stereocenters. The molecular formula is C11H9Cl2N3O. The average molecular weight is 270 g/mol. The SMILES string of the molecule is NCc1cncc(Oc2cc(Cl)ccc2Cl)n1. The number of hydrogen-bond acceptors (Lipinski definition) is 4. The highest BCUT2D eigenvalue weighted by atomic mass is 35.5. The van der Waals surface area contributed by atoms with Crippen molar-refractivity contribution in [1.29, 1.82) is 0 Å². The summed E-state index contributed by atoms with van der Waals surface area (Å²) in [6.07, 6.45) is 3.06. The van der Waals surface area contributed by atoms with E-state index in [0.29, 0.717) is 33.9 Å². The summed E-state index contributed by atoms with van der Waals surface area (Å²) in [7, 11) is 0. The van der Waals surface area contributed by atoms with Gasteiger partial charge < -0.3 is 10.5 Å². The van der Waals surface area contributed by atoms with Crippen LogP contribution in [0, 0.1) is 0 Å². The van der Waals surface area contributed by atoms with Crippen molar-refractivity contribution in [2.24, 2.45) is 5.73 Å². The summed E-state index contributed by atoms with van der Waals surface area (Å²) in [6.45, 7) is 0.299. The van der Waals surface area contributed by atoms with Gasteiger partial charge in [-0.15, -0.1) is 0 Å². The fraction of sp³-hybridized carbons (Fsp3) is 0.0909. The van der Waals surface area contributed by atoms with Gasteiger partial charge in [0.1, 0.15) is 5.75 Å². The number of benzene rings is 1. The minimum absolute atomic E-state index is 0.299. The summed E-state index contributed by atoms with van der Waals surface area (Å²) >= 11 is 11.8. The first-order valence-corrected chi connectivity index (χ1v) is 5.58. The highest BCUT2D eigenvalue weighted by Crippen LogP contribution is 2.30. The van der Waals surface area contributed by atoms with E-state index < -0.39 is 0 Å². The second kappa shape index (κ2) is 5.31. The summed E-state index contributed by atoms with van der Waals surface area (Å²) in [5.41, 5.74) is 6.10. The second-order valence-electron chi connectivity index (χ2n) is 3.23. The van der Waals surface area contributed by atoms with Crippen LogP contribution in [0.5, 0.6) is 11.6 Å². The van der Waals surface area contributed by atoms with Crippen molar-refractivity contribution in [3.8, 4) is 11.6 Å². The zero-order valence-electron chi connectivity index (χ0n) is 8.73. The Morgan fingerprint density at radius 3 is 2.82 bits per heavy atom. The molecule has 0 aliphatic rings. The van der Waals surface area contributed by atoms with Crippen molar-refractivity contribution in [3.05, 3.63) is 46.3 Å². The van der Waals surface area contributed by atoms with Crippen molar-refractivity contribution >= 4 is 23.2 Å². The molecule has 0 bridgehead atoms. The molecule has 0 aliphatic heterocycles. The smallest absolute Gasteiger partial charge is 0.238 e. The van der Waals surface area contributed by atoms with Gasteiger partial charge in [-0.2, -0.15) is 0 Å². The average Bonchev–Trinajstić information content (AvgIpc) is 2.34. The molecule has 0 amide bonds. The van der Waals surface area contributed by atoms with Crippen LogP contribution < -0.4 is 10.5 Å². The van der Waals surface area contributed by atoms with Crippen molar-refractivity contribution in [1.82, 2.24) is 9.97 Å². The van der Waals surface area contributed by atoms with Crippen LogP contribution in [-0.2, 0) is 6.54 Å². The number of rotatable bonds is 3. The predicted molar refractivity (Wildman–Crippen MR) is 66.5 cm³/mol. The third-order valence-corrected chi connectivity index (χ3v) is 2.53. The topological polar surface area (TPSA) is 61.0 Å². The Morgan fingerprint density at radius 1 is 1.24 bits per heavy atom. The van der Waals surface area contributed by atoms with Crippen LogP contribution in [0.4, 0.5) is 0 Å². The van der Waals surface area contributed by atoms with Gasteiger partial charge in [-0.05, 0) is 12.1 Å². The van der Waals surface area contributed by atoms with E-state index in [2.05, 4.69) is 9.97 Å². The molecule has 4 nitrogen and oxygen atoms in total. The van der Waals surface area contributed by atoms with Gasteiger partial charge in [0.25, 0.3) is 0 Å². The summed E-state index contributed by atoms with van der Waals surface area (Å²) in [4.78, 5) is 8.11. The van der Waals surface area contributed by atoms with Gasteiger partial charge in [0, 0.05) is 23.8 Å². The van der Waals surface area contributed by atoms with Gasteiger partial charge in [-0.25, -0.2) is 4.98 Å². The molecule has 0 fully saturated rings. The molecule has 0 atom stereocenters. The van der Waals surface area contributed by atoms with Gasteiger partial charge >= 0.3 is 0 Å². The van der Waals surface area contributed by atoms with E-state index in [-0.39, 0.29) is 0 Å². The quantitative estimate of drug-likeness (QED) is 0.931. The van der Waals surface area contributed by atoms with Crippen molar-refractivity contribution in [2.45, 2.75) is 6.54 Å². The zero-order chi connectivity index (χ0) is 12.3. The van der Waals surface area contributed by atoms with Crippen LogP contribution in [0.2, 0.25) is 10.0 Å². The fourth-order valence-corrected chi connectivity index (χ4v) is 1.52. The Morgan fingerprint density at radius 2 is 2.06 bits per heavy atom. The molecular weight excluding hydrogens is 261 g/mol. The van der Waals surface area contributed by atoms with E-state index >= 15 is 0 Å².